The third kappa shape index (κ3) is 3.99. The van der Waals surface area contributed by atoms with Crippen LogP contribution in [-0.2, 0) is 23.5 Å². The first-order valence-electron chi connectivity index (χ1n) is 11.2. The number of amides is 1. The molecular weight excluding hydrogens is 466 g/mol. The second-order valence-electron chi connectivity index (χ2n) is 8.43. The van der Waals surface area contributed by atoms with Crippen LogP contribution >= 0.6 is 0 Å². The van der Waals surface area contributed by atoms with Crippen LogP contribution in [0.2, 0.25) is 0 Å². The lowest BCUT2D eigenvalue weighted by atomic mass is 10.0. The number of pyridine rings is 1. The van der Waals surface area contributed by atoms with Crippen LogP contribution in [-0.4, -0.2) is 42.7 Å². The summed E-state index contributed by atoms with van der Waals surface area (Å²) in [6.07, 6.45) is 3.08. The van der Waals surface area contributed by atoms with E-state index >= 15 is 0 Å². The monoisotopic (exact) mass is 491 g/mol. The zero-order valence-corrected chi connectivity index (χ0v) is 20.5. The van der Waals surface area contributed by atoms with E-state index in [0.717, 1.165) is 23.1 Å². The van der Waals surface area contributed by atoms with Crippen molar-refractivity contribution in [1.29, 1.82) is 0 Å². The first-order valence-corrected chi connectivity index (χ1v) is 12.6. The van der Waals surface area contributed by atoms with Gasteiger partial charge in [-0.25, -0.2) is 13.4 Å². The number of fused-ring (bicyclic) bond motifs is 2. The predicted molar refractivity (Wildman–Crippen MR) is 133 cm³/mol. The number of rotatable bonds is 5. The molecule has 10 heteroatoms. The number of hydrogen-bond donors (Lipinski definition) is 1. The Labute approximate surface area is 203 Å². The predicted octanol–water partition coefficient (Wildman–Crippen LogP) is 3.68. The second kappa shape index (κ2) is 8.70. The molecule has 2 aromatic heterocycles. The molecule has 1 aliphatic heterocycles. The molecular formula is C25H25N5O4S. The lowest BCUT2D eigenvalue weighted by Gasteiger charge is -2.31. The lowest BCUT2D eigenvalue weighted by molar-refractivity contribution is 0.102. The van der Waals surface area contributed by atoms with Crippen molar-refractivity contribution in [2.75, 3.05) is 23.3 Å². The molecule has 35 heavy (non-hydrogen) atoms. The molecule has 1 aliphatic rings. The highest BCUT2D eigenvalue weighted by Crippen LogP contribution is 2.35. The van der Waals surface area contributed by atoms with Gasteiger partial charge in [0.1, 0.15) is 10.6 Å². The molecule has 0 aliphatic carbocycles. The van der Waals surface area contributed by atoms with Gasteiger partial charge in [-0.2, -0.15) is 5.10 Å². The molecule has 4 aromatic rings. The summed E-state index contributed by atoms with van der Waals surface area (Å²) < 4.78 is 35.9. The maximum absolute atomic E-state index is 13.7. The van der Waals surface area contributed by atoms with Crippen molar-refractivity contribution in [1.82, 2.24) is 14.8 Å². The lowest BCUT2D eigenvalue weighted by Crippen LogP contribution is -2.35. The second-order valence-corrected chi connectivity index (χ2v) is 10.3. The molecule has 0 bridgehead atoms. The topological polar surface area (TPSA) is 106 Å². The highest BCUT2D eigenvalue weighted by atomic mass is 32.2. The molecule has 3 heterocycles. The summed E-state index contributed by atoms with van der Waals surface area (Å²) in [5.74, 6) is -0.274. The number of nitrogens with one attached hydrogen (secondary N) is 1. The fraction of sp³-hybridized carbons (Fsp3) is 0.240. The van der Waals surface area contributed by atoms with E-state index in [1.165, 1.54) is 23.5 Å². The minimum absolute atomic E-state index is 0.0546. The highest BCUT2D eigenvalue weighted by Gasteiger charge is 2.32. The van der Waals surface area contributed by atoms with Crippen molar-refractivity contribution in [3.63, 3.8) is 0 Å². The quantitative estimate of drug-likeness (QED) is 0.457. The van der Waals surface area contributed by atoms with Crippen LogP contribution in [0.3, 0.4) is 0 Å². The maximum Gasteiger partial charge on any atom is 0.268 e. The van der Waals surface area contributed by atoms with Gasteiger partial charge < -0.3 is 10.1 Å². The van der Waals surface area contributed by atoms with Gasteiger partial charge in [-0.05, 0) is 55.7 Å². The number of nitrogens with zero attached hydrogens (tertiary/aromatic N) is 4. The van der Waals surface area contributed by atoms with Crippen LogP contribution in [0.1, 0.15) is 28.0 Å². The first-order chi connectivity index (χ1) is 16.8. The number of sulfonamides is 1. The Morgan fingerprint density at radius 2 is 1.94 bits per heavy atom. The number of benzene rings is 2. The molecule has 0 atom stereocenters. The fourth-order valence-corrected chi connectivity index (χ4v) is 6.19. The zero-order valence-electron chi connectivity index (χ0n) is 19.6. The zero-order chi connectivity index (χ0) is 24.7. The van der Waals surface area contributed by atoms with Crippen molar-refractivity contribution in [2.45, 2.75) is 24.7 Å². The summed E-state index contributed by atoms with van der Waals surface area (Å²) >= 11 is 0. The van der Waals surface area contributed by atoms with Crippen molar-refractivity contribution >= 4 is 38.3 Å². The summed E-state index contributed by atoms with van der Waals surface area (Å²) in [6.45, 7) is 2.23. The van der Waals surface area contributed by atoms with Gasteiger partial charge >= 0.3 is 0 Å². The van der Waals surface area contributed by atoms with Gasteiger partial charge in [-0.15, -0.1) is 0 Å². The molecule has 0 radical (unpaired) electrons. The molecule has 180 valence electrons. The number of anilines is 2. The molecule has 2 aromatic carbocycles. The number of ether oxygens (including phenoxy) is 1. The maximum atomic E-state index is 13.7. The molecule has 0 fully saturated rings. The number of para-hydroxylation sites is 1. The van der Waals surface area contributed by atoms with E-state index in [0.29, 0.717) is 30.0 Å². The normalized spacial score (nSPS) is 13.5. The van der Waals surface area contributed by atoms with Gasteiger partial charge in [0.2, 0.25) is 0 Å². The average molecular weight is 492 g/mol. The van der Waals surface area contributed by atoms with Crippen LogP contribution in [0.5, 0.6) is 5.75 Å². The SMILES string of the molecule is COc1ccc(C(=O)Nc2cnc3c(c2)c(C)nn3C)cc1S(=O)(=O)N1CCCc2ccccc21. The number of hydrogen-bond acceptors (Lipinski definition) is 6. The standard InChI is InChI=1S/C25H25N5O4S/c1-16-20-14-19(15-26-24(20)29(2)28-16)27-25(31)18-10-11-22(34-3)23(13-18)35(32,33)30-12-6-8-17-7-4-5-9-21(17)30/h4-5,7,9-11,13-15H,6,8,12H2,1-3H3,(H,27,31). The Hall–Kier alpha value is -3.92. The van der Waals surface area contributed by atoms with E-state index in [9.17, 15) is 13.2 Å². The minimum atomic E-state index is -3.97. The highest BCUT2D eigenvalue weighted by molar-refractivity contribution is 7.93. The van der Waals surface area contributed by atoms with E-state index in [1.807, 2.05) is 25.1 Å². The molecule has 0 unspecified atom stereocenters. The first kappa shape index (κ1) is 22.9. The summed E-state index contributed by atoms with van der Waals surface area (Å²) in [6, 6.07) is 13.7. The Morgan fingerprint density at radius 3 is 2.74 bits per heavy atom. The summed E-state index contributed by atoms with van der Waals surface area (Å²) in [5, 5.41) is 7.98. The van der Waals surface area contributed by atoms with Crippen molar-refractivity contribution in [3.05, 3.63) is 71.5 Å². The Kier molecular flexibility index (Phi) is 5.68. The molecule has 0 spiro atoms. The third-order valence-electron chi connectivity index (χ3n) is 6.18. The van der Waals surface area contributed by atoms with E-state index in [2.05, 4.69) is 15.4 Å². The number of methoxy groups -OCH3 is 1. The van der Waals surface area contributed by atoms with Crippen molar-refractivity contribution in [2.24, 2.45) is 7.05 Å². The number of carbonyl (C=O) groups excluding carboxylic acids is 1. The average Bonchev–Trinajstić information content (AvgIpc) is 3.15. The Morgan fingerprint density at radius 1 is 1.14 bits per heavy atom. The van der Waals surface area contributed by atoms with Gasteiger partial charge in [-0.1, -0.05) is 18.2 Å². The van der Waals surface area contributed by atoms with Gasteiger partial charge in [0.15, 0.2) is 5.65 Å². The van der Waals surface area contributed by atoms with E-state index in [1.54, 1.807) is 36.1 Å². The van der Waals surface area contributed by atoms with Gasteiger partial charge in [-0.3, -0.25) is 13.8 Å². The van der Waals surface area contributed by atoms with Crippen LogP contribution in [0, 0.1) is 6.92 Å². The number of carbonyl (C=O) groups is 1. The van der Waals surface area contributed by atoms with Crippen LogP contribution < -0.4 is 14.4 Å². The number of aryl methyl sites for hydroxylation is 3. The summed E-state index contributed by atoms with van der Waals surface area (Å²) in [4.78, 5) is 17.4. The van der Waals surface area contributed by atoms with Crippen LogP contribution in [0.15, 0.2) is 59.6 Å². The van der Waals surface area contributed by atoms with E-state index in [4.69, 9.17) is 4.74 Å². The minimum Gasteiger partial charge on any atom is -0.495 e. The van der Waals surface area contributed by atoms with Gasteiger partial charge in [0.05, 0.1) is 30.4 Å². The van der Waals surface area contributed by atoms with E-state index in [-0.39, 0.29) is 16.2 Å². The smallest absolute Gasteiger partial charge is 0.268 e. The van der Waals surface area contributed by atoms with Crippen LogP contribution in [0.25, 0.3) is 11.0 Å². The largest absolute Gasteiger partial charge is 0.495 e. The van der Waals surface area contributed by atoms with Crippen molar-refractivity contribution < 1.29 is 17.9 Å². The van der Waals surface area contributed by atoms with Gasteiger partial charge in [0, 0.05) is 24.5 Å². The Balaban J connectivity index is 1.49. The van der Waals surface area contributed by atoms with Gasteiger partial charge in [0.25, 0.3) is 15.9 Å². The molecule has 1 N–H and O–H groups in total. The Bertz CT molecular complexity index is 1560. The molecule has 0 saturated carbocycles. The van der Waals surface area contributed by atoms with Crippen LogP contribution in [0.4, 0.5) is 11.4 Å². The third-order valence-corrected chi connectivity index (χ3v) is 8.02. The molecule has 5 rings (SSSR count). The van der Waals surface area contributed by atoms with E-state index < -0.39 is 15.9 Å². The molecule has 9 nitrogen and oxygen atoms in total. The molecule has 1 amide bonds. The number of aromatic nitrogens is 3. The van der Waals surface area contributed by atoms with Crippen molar-refractivity contribution in [3.8, 4) is 5.75 Å². The fourth-order valence-electron chi connectivity index (χ4n) is 4.47. The summed E-state index contributed by atoms with van der Waals surface area (Å²) in [5.41, 5.74) is 3.82. The summed E-state index contributed by atoms with van der Waals surface area (Å²) in [7, 11) is -0.756. The molecule has 0 saturated heterocycles.